The Morgan fingerprint density at radius 1 is 1.32 bits per heavy atom. The highest BCUT2D eigenvalue weighted by molar-refractivity contribution is 5.35. The first-order chi connectivity index (χ1) is 9.08. The van der Waals surface area contributed by atoms with E-state index in [-0.39, 0.29) is 16.7 Å². The molecule has 0 bridgehead atoms. The standard InChI is InChI=1S/C15H22N2O2/c1-11(13-6-3-4-7-13)16-12(2)14-8-5-9-15(10-14)17(18)19/h5,8-13,16H,3-4,6-7H2,1-2H3/t11-,12?/m1/s1. The fourth-order valence-electron chi connectivity index (χ4n) is 2.99. The van der Waals surface area contributed by atoms with Gasteiger partial charge < -0.3 is 5.32 Å². The first kappa shape index (κ1) is 14.0. The number of rotatable bonds is 5. The minimum Gasteiger partial charge on any atom is -0.307 e. The zero-order valence-corrected chi connectivity index (χ0v) is 11.6. The van der Waals surface area contributed by atoms with Crippen molar-refractivity contribution in [2.75, 3.05) is 0 Å². The summed E-state index contributed by atoms with van der Waals surface area (Å²) in [6.07, 6.45) is 5.27. The molecule has 0 radical (unpaired) electrons. The Hall–Kier alpha value is -1.42. The van der Waals surface area contributed by atoms with Crippen LogP contribution in [0.25, 0.3) is 0 Å². The molecule has 0 heterocycles. The lowest BCUT2D eigenvalue weighted by molar-refractivity contribution is -0.384. The van der Waals surface area contributed by atoms with E-state index in [0.717, 1.165) is 11.5 Å². The first-order valence-electron chi connectivity index (χ1n) is 7.08. The number of nitro benzene ring substituents is 1. The molecule has 1 aromatic carbocycles. The molecule has 0 aromatic heterocycles. The molecule has 1 aliphatic carbocycles. The molecule has 1 saturated carbocycles. The maximum Gasteiger partial charge on any atom is 0.269 e. The number of nitrogens with zero attached hydrogens (tertiary/aromatic N) is 1. The highest BCUT2D eigenvalue weighted by Crippen LogP contribution is 2.29. The van der Waals surface area contributed by atoms with Crippen molar-refractivity contribution in [2.45, 2.75) is 51.6 Å². The summed E-state index contributed by atoms with van der Waals surface area (Å²) in [5.74, 6) is 0.751. The van der Waals surface area contributed by atoms with Crippen LogP contribution in [-0.4, -0.2) is 11.0 Å². The van der Waals surface area contributed by atoms with E-state index < -0.39 is 0 Å². The third-order valence-corrected chi connectivity index (χ3v) is 4.20. The second-order valence-corrected chi connectivity index (χ2v) is 5.57. The van der Waals surface area contributed by atoms with E-state index >= 15 is 0 Å². The monoisotopic (exact) mass is 262 g/mol. The first-order valence-corrected chi connectivity index (χ1v) is 7.08. The number of hydrogen-bond donors (Lipinski definition) is 1. The summed E-state index contributed by atoms with van der Waals surface area (Å²) < 4.78 is 0. The van der Waals surface area contributed by atoms with Crippen LogP contribution in [0.2, 0.25) is 0 Å². The van der Waals surface area contributed by atoms with Crippen molar-refractivity contribution in [1.29, 1.82) is 0 Å². The smallest absolute Gasteiger partial charge is 0.269 e. The van der Waals surface area contributed by atoms with Crippen molar-refractivity contribution in [3.8, 4) is 0 Å². The molecule has 0 saturated heterocycles. The molecule has 4 heteroatoms. The van der Waals surface area contributed by atoms with Gasteiger partial charge in [-0.15, -0.1) is 0 Å². The molecule has 0 amide bonds. The van der Waals surface area contributed by atoms with Crippen LogP contribution in [0, 0.1) is 16.0 Å². The van der Waals surface area contributed by atoms with Crippen LogP contribution in [0.15, 0.2) is 24.3 Å². The molecule has 1 aliphatic rings. The summed E-state index contributed by atoms with van der Waals surface area (Å²) in [5.41, 5.74) is 1.15. The lowest BCUT2D eigenvalue weighted by atomic mass is 9.97. The molecule has 1 fully saturated rings. The molecule has 1 aromatic rings. The third kappa shape index (κ3) is 3.53. The average molecular weight is 262 g/mol. The highest BCUT2D eigenvalue weighted by Gasteiger charge is 2.23. The molecule has 2 atom stereocenters. The quantitative estimate of drug-likeness (QED) is 0.648. The molecular weight excluding hydrogens is 240 g/mol. The fourth-order valence-corrected chi connectivity index (χ4v) is 2.99. The Labute approximate surface area is 114 Å². The van der Waals surface area contributed by atoms with Gasteiger partial charge in [0.05, 0.1) is 4.92 Å². The Balaban J connectivity index is 2.00. The summed E-state index contributed by atoms with van der Waals surface area (Å²) in [4.78, 5) is 10.5. The van der Waals surface area contributed by atoms with Gasteiger partial charge in [-0.25, -0.2) is 0 Å². The van der Waals surface area contributed by atoms with Crippen molar-refractivity contribution in [3.05, 3.63) is 39.9 Å². The van der Waals surface area contributed by atoms with E-state index in [1.54, 1.807) is 12.1 Å². The van der Waals surface area contributed by atoms with E-state index in [2.05, 4.69) is 19.2 Å². The molecule has 0 aliphatic heterocycles. The Morgan fingerprint density at radius 3 is 2.63 bits per heavy atom. The summed E-state index contributed by atoms with van der Waals surface area (Å²) in [6, 6.07) is 7.53. The topological polar surface area (TPSA) is 55.2 Å². The summed E-state index contributed by atoms with van der Waals surface area (Å²) in [6.45, 7) is 4.30. The highest BCUT2D eigenvalue weighted by atomic mass is 16.6. The van der Waals surface area contributed by atoms with E-state index in [9.17, 15) is 10.1 Å². The van der Waals surface area contributed by atoms with Crippen LogP contribution >= 0.6 is 0 Å². The zero-order valence-electron chi connectivity index (χ0n) is 11.6. The van der Waals surface area contributed by atoms with Gasteiger partial charge in [-0.3, -0.25) is 10.1 Å². The molecular formula is C15H22N2O2. The minimum absolute atomic E-state index is 0.149. The predicted octanol–water partition coefficient (Wildman–Crippen LogP) is 3.82. The molecule has 1 unspecified atom stereocenters. The molecule has 0 spiro atoms. The van der Waals surface area contributed by atoms with Crippen LogP contribution in [0.4, 0.5) is 5.69 Å². The molecule has 1 N–H and O–H groups in total. The molecule has 104 valence electrons. The Kier molecular flexibility index (Phi) is 4.53. The molecule has 2 rings (SSSR count). The summed E-state index contributed by atoms with van der Waals surface area (Å²) in [5, 5.41) is 14.4. The van der Waals surface area contributed by atoms with Crippen molar-refractivity contribution >= 4 is 5.69 Å². The van der Waals surface area contributed by atoms with Gasteiger partial charge in [-0.05, 0) is 38.2 Å². The number of nitro groups is 1. The largest absolute Gasteiger partial charge is 0.307 e. The second kappa shape index (κ2) is 6.15. The van der Waals surface area contributed by atoms with Crippen LogP contribution in [0.1, 0.15) is 51.1 Å². The second-order valence-electron chi connectivity index (χ2n) is 5.57. The van der Waals surface area contributed by atoms with Gasteiger partial charge in [0.25, 0.3) is 5.69 Å². The number of benzene rings is 1. The summed E-state index contributed by atoms with van der Waals surface area (Å²) >= 11 is 0. The van der Waals surface area contributed by atoms with Crippen LogP contribution in [0.3, 0.4) is 0 Å². The Bertz CT molecular complexity index is 442. The fraction of sp³-hybridized carbons (Fsp3) is 0.600. The van der Waals surface area contributed by atoms with Crippen molar-refractivity contribution < 1.29 is 4.92 Å². The lowest BCUT2D eigenvalue weighted by Gasteiger charge is -2.25. The number of hydrogen-bond acceptors (Lipinski definition) is 3. The van der Waals surface area contributed by atoms with Gasteiger partial charge in [-0.1, -0.05) is 25.0 Å². The van der Waals surface area contributed by atoms with E-state index in [4.69, 9.17) is 0 Å². The normalized spacial score (nSPS) is 19.3. The van der Waals surface area contributed by atoms with E-state index in [1.165, 1.54) is 31.7 Å². The van der Waals surface area contributed by atoms with Crippen LogP contribution in [0.5, 0.6) is 0 Å². The van der Waals surface area contributed by atoms with Crippen molar-refractivity contribution in [1.82, 2.24) is 5.32 Å². The maximum atomic E-state index is 10.8. The van der Waals surface area contributed by atoms with Gasteiger partial charge in [0, 0.05) is 24.2 Å². The predicted molar refractivity (Wildman–Crippen MR) is 76.1 cm³/mol. The average Bonchev–Trinajstić information content (AvgIpc) is 2.92. The minimum atomic E-state index is -0.337. The number of non-ortho nitro benzene ring substituents is 1. The molecule has 19 heavy (non-hydrogen) atoms. The van der Waals surface area contributed by atoms with Gasteiger partial charge in [0.1, 0.15) is 0 Å². The van der Waals surface area contributed by atoms with Crippen LogP contribution in [-0.2, 0) is 0 Å². The Morgan fingerprint density at radius 2 is 2.00 bits per heavy atom. The van der Waals surface area contributed by atoms with Crippen molar-refractivity contribution in [2.24, 2.45) is 5.92 Å². The van der Waals surface area contributed by atoms with Gasteiger partial charge >= 0.3 is 0 Å². The van der Waals surface area contributed by atoms with Gasteiger partial charge in [0.15, 0.2) is 0 Å². The van der Waals surface area contributed by atoms with Gasteiger partial charge in [0.2, 0.25) is 0 Å². The van der Waals surface area contributed by atoms with Gasteiger partial charge in [-0.2, -0.15) is 0 Å². The third-order valence-electron chi connectivity index (χ3n) is 4.20. The van der Waals surface area contributed by atoms with E-state index in [0.29, 0.717) is 6.04 Å². The summed E-state index contributed by atoms with van der Waals surface area (Å²) in [7, 11) is 0. The van der Waals surface area contributed by atoms with E-state index in [1.807, 2.05) is 6.07 Å². The molecule has 4 nitrogen and oxygen atoms in total. The SMILES string of the molecule is CC(N[C@H](C)C1CCCC1)c1cccc([N+](=O)[O-])c1. The zero-order chi connectivity index (χ0) is 13.8. The number of nitrogens with one attached hydrogen (secondary N) is 1. The van der Waals surface area contributed by atoms with Crippen molar-refractivity contribution in [3.63, 3.8) is 0 Å². The lowest BCUT2D eigenvalue weighted by Crippen LogP contribution is -2.34. The van der Waals surface area contributed by atoms with Crippen LogP contribution < -0.4 is 5.32 Å². The maximum absolute atomic E-state index is 10.8.